The summed E-state index contributed by atoms with van der Waals surface area (Å²) in [6.45, 7) is 3.34. The number of amides is 2. The van der Waals surface area contributed by atoms with Crippen molar-refractivity contribution in [2.45, 2.75) is 26.3 Å². The first kappa shape index (κ1) is 25.0. The van der Waals surface area contributed by atoms with Crippen LogP contribution < -0.4 is 24.4 Å². The van der Waals surface area contributed by atoms with E-state index >= 15 is 0 Å². The highest BCUT2D eigenvalue weighted by molar-refractivity contribution is 7.92. The number of hydrogen-bond donors (Lipinski definition) is 2. The SMILES string of the molecule is CC[C@@H](C)NC(=O)c1ccccc1NC(=O)CN(c1ccc(OC)c(OC)c1)S(C)(=O)=O. The molecule has 0 saturated carbocycles. The second-order valence-corrected chi connectivity index (χ2v) is 9.09. The molecule has 10 heteroatoms. The zero-order valence-corrected chi connectivity index (χ0v) is 19.7. The van der Waals surface area contributed by atoms with Gasteiger partial charge in [0.2, 0.25) is 15.9 Å². The van der Waals surface area contributed by atoms with Gasteiger partial charge in [0.25, 0.3) is 5.91 Å². The Morgan fingerprint density at radius 1 is 1.06 bits per heavy atom. The van der Waals surface area contributed by atoms with Crippen molar-refractivity contribution in [3.63, 3.8) is 0 Å². The summed E-state index contributed by atoms with van der Waals surface area (Å²) in [7, 11) is -0.901. The molecule has 0 aliphatic heterocycles. The van der Waals surface area contributed by atoms with Gasteiger partial charge in [0.05, 0.1) is 37.4 Å². The van der Waals surface area contributed by atoms with Crippen LogP contribution in [0.1, 0.15) is 30.6 Å². The van der Waals surface area contributed by atoms with Crippen molar-refractivity contribution < 1.29 is 27.5 Å². The van der Waals surface area contributed by atoms with E-state index in [4.69, 9.17) is 9.47 Å². The molecule has 0 spiro atoms. The van der Waals surface area contributed by atoms with Gasteiger partial charge < -0.3 is 20.1 Å². The smallest absolute Gasteiger partial charge is 0.253 e. The Balaban J connectivity index is 2.28. The van der Waals surface area contributed by atoms with Crippen LogP contribution in [0, 0.1) is 0 Å². The maximum Gasteiger partial charge on any atom is 0.253 e. The Labute approximate surface area is 188 Å². The van der Waals surface area contributed by atoms with E-state index in [1.807, 2.05) is 13.8 Å². The van der Waals surface area contributed by atoms with Gasteiger partial charge in [0.15, 0.2) is 11.5 Å². The van der Waals surface area contributed by atoms with Crippen LogP contribution in [-0.2, 0) is 14.8 Å². The van der Waals surface area contributed by atoms with E-state index < -0.39 is 22.5 Å². The highest BCUT2D eigenvalue weighted by Crippen LogP contribution is 2.32. The lowest BCUT2D eigenvalue weighted by atomic mass is 10.1. The molecule has 0 fully saturated rings. The summed E-state index contributed by atoms with van der Waals surface area (Å²) in [5.41, 5.74) is 0.820. The van der Waals surface area contributed by atoms with E-state index in [0.717, 1.165) is 17.0 Å². The van der Waals surface area contributed by atoms with Crippen molar-refractivity contribution in [2.24, 2.45) is 0 Å². The van der Waals surface area contributed by atoms with E-state index in [1.165, 1.54) is 26.4 Å². The van der Waals surface area contributed by atoms with Gasteiger partial charge in [-0.15, -0.1) is 0 Å². The third kappa shape index (κ3) is 6.36. The molecule has 2 aromatic rings. The summed E-state index contributed by atoms with van der Waals surface area (Å²) in [4.78, 5) is 25.3. The van der Waals surface area contributed by atoms with E-state index in [9.17, 15) is 18.0 Å². The molecular weight excluding hydrogens is 434 g/mol. The Hall–Kier alpha value is -3.27. The summed E-state index contributed by atoms with van der Waals surface area (Å²) >= 11 is 0. The number of methoxy groups -OCH3 is 2. The molecule has 1 atom stereocenters. The maximum atomic E-state index is 12.8. The van der Waals surface area contributed by atoms with Crippen molar-refractivity contribution in [1.82, 2.24) is 5.32 Å². The first-order valence-corrected chi connectivity index (χ1v) is 11.8. The van der Waals surface area contributed by atoms with Crippen molar-refractivity contribution in [3.05, 3.63) is 48.0 Å². The molecule has 2 rings (SSSR count). The monoisotopic (exact) mass is 463 g/mol. The number of ether oxygens (including phenoxy) is 2. The average molecular weight is 464 g/mol. The minimum absolute atomic E-state index is 0.0305. The van der Waals surface area contributed by atoms with Gasteiger partial charge in [-0.2, -0.15) is 0 Å². The van der Waals surface area contributed by atoms with Gasteiger partial charge in [0, 0.05) is 12.1 Å². The maximum absolute atomic E-state index is 12.8. The first-order chi connectivity index (χ1) is 15.1. The normalized spacial score (nSPS) is 11.9. The standard InChI is InChI=1S/C22H29N3O6S/c1-6-15(2)23-22(27)17-9-7-8-10-18(17)24-21(26)14-25(32(5,28)29)16-11-12-19(30-3)20(13-16)31-4/h7-13,15H,6,14H2,1-5H3,(H,23,27)(H,24,26)/t15-/m1/s1. The quantitative estimate of drug-likeness (QED) is 0.560. The second-order valence-electron chi connectivity index (χ2n) is 7.19. The number of sulfonamides is 1. The van der Waals surface area contributed by atoms with Gasteiger partial charge >= 0.3 is 0 Å². The summed E-state index contributed by atoms with van der Waals surface area (Å²) < 4.78 is 36.2. The lowest BCUT2D eigenvalue weighted by molar-refractivity contribution is -0.114. The Kier molecular flexibility index (Phi) is 8.48. The molecule has 0 unspecified atom stereocenters. The summed E-state index contributed by atoms with van der Waals surface area (Å²) in [6.07, 6.45) is 1.76. The fourth-order valence-electron chi connectivity index (χ4n) is 2.89. The lowest BCUT2D eigenvalue weighted by Gasteiger charge is -2.23. The van der Waals surface area contributed by atoms with Crippen LogP contribution in [0.2, 0.25) is 0 Å². The minimum atomic E-state index is -3.80. The van der Waals surface area contributed by atoms with Gasteiger partial charge in [-0.25, -0.2) is 8.42 Å². The number of carbonyl (C=O) groups is 2. The Bertz CT molecular complexity index is 1070. The third-order valence-corrected chi connectivity index (χ3v) is 5.92. The molecule has 0 radical (unpaired) electrons. The van der Waals surface area contributed by atoms with E-state index in [2.05, 4.69) is 10.6 Å². The number of hydrogen-bond acceptors (Lipinski definition) is 6. The number of benzene rings is 2. The molecule has 0 bridgehead atoms. The van der Waals surface area contributed by atoms with Gasteiger partial charge in [0.1, 0.15) is 6.54 Å². The molecule has 2 aromatic carbocycles. The van der Waals surface area contributed by atoms with Gasteiger partial charge in [-0.3, -0.25) is 13.9 Å². The number of para-hydroxylation sites is 1. The molecule has 0 heterocycles. The van der Waals surface area contributed by atoms with Crippen LogP contribution >= 0.6 is 0 Å². The predicted octanol–water partition coefficient (Wildman–Crippen LogP) is 2.64. The molecule has 0 aliphatic rings. The molecule has 2 N–H and O–H groups in total. The van der Waals surface area contributed by atoms with Crippen molar-refractivity contribution in [3.8, 4) is 11.5 Å². The van der Waals surface area contributed by atoms with Crippen LogP contribution in [0.5, 0.6) is 11.5 Å². The molecule has 0 saturated heterocycles. The molecule has 0 aromatic heterocycles. The molecule has 0 aliphatic carbocycles. The fourth-order valence-corrected chi connectivity index (χ4v) is 3.74. The third-order valence-electron chi connectivity index (χ3n) is 4.78. The molecule has 174 valence electrons. The van der Waals surface area contributed by atoms with Crippen LogP contribution in [0.3, 0.4) is 0 Å². The zero-order valence-electron chi connectivity index (χ0n) is 18.8. The highest BCUT2D eigenvalue weighted by atomic mass is 32.2. The lowest BCUT2D eigenvalue weighted by Crippen LogP contribution is -2.38. The van der Waals surface area contributed by atoms with E-state index in [1.54, 1.807) is 30.3 Å². The summed E-state index contributed by atoms with van der Waals surface area (Å²) in [6, 6.07) is 11.1. The van der Waals surface area contributed by atoms with E-state index in [-0.39, 0.29) is 23.2 Å². The van der Waals surface area contributed by atoms with Crippen LogP contribution in [0.25, 0.3) is 0 Å². The van der Waals surface area contributed by atoms with Crippen molar-refractivity contribution >= 4 is 33.2 Å². The Morgan fingerprint density at radius 3 is 2.31 bits per heavy atom. The molecular formula is C22H29N3O6S. The van der Waals surface area contributed by atoms with Gasteiger partial charge in [-0.05, 0) is 37.6 Å². The fraction of sp³-hybridized carbons (Fsp3) is 0.364. The molecule has 9 nitrogen and oxygen atoms in total. The van der Waals surface area contributed by atoms with Crippen LogP contribution in [-0.4, -0.2) is 53.3 Å². The van der Waals surface area contributed by atoms with Crippen molar-refractivity contribution in [1.29, 1.82) is 0 Å². The van der Waals surface area contributed by atoms with E-state index in [0.29, 0.717) is 17.2 Å². The summed E-state index contributed by atoms with van der Waals surface area (Å²) in [5, 5.41) is 5.50. The average Bonchev–Trinajstić information content (AvgIpc) is 2.76. The second kappa shape index (κ2) is 10.9. The number of anilines is 2. The van der Waals surface area contributed by atoms with Crippen LogP contribution in [0.4, 0.5) is 11.4 Å². The zero-order chi connectivity index (χ0) is 23.9. The Morgan fingerprint density at radius 2 is 1.72 bits per heavy atom. The molecule has 32 heavy (non-hydrogen) atoms. The predicted molar refractivity (Wildman–Crippen MR) is 124 cm³/mol. The number of nitrogens with one attached hydrogen (secondary N) is 2. The largest absolute Gasteiger partial charge is 0.493 e. The summed E-state index contributed by atoms with van der Waals surface area (Å²) in [5.74, 6) is -0.175. The first-order valence-electron chi connectivity index (χ1n) is 10.00. The highest BCUT2D eigenvalue weighted by Gasteiger charge is 2.23. The van der Waals surface area contributed by atoms with Gasteiger partial charge in [-0.1, -0.05) is 19.1 Å². The number of carbonyl (C=O) groups excluding carboxylic acids is 2. The van der Waals surface area contributed by atoms with Crippen LogP contribution in [0.15, 0.2) is 42.5 Å². The van der Waals surface area contributed by atoms with Crippen molar-refractivity contribution in [2.75, 3.05) is 36.6 Å². The minimum Gasteiger partial charge on any atom is -0.493 e. The number of nitrogens with zero attached hydrogens (tertiary/aromatic N) is 1. The molecule has 2 amide bonds. The number of rotatable bonds is 10. The topological polar surface area (TPSA) is 114 Å².